The molecule has 0 saturated heterocycles. The van der Waals surface area contributed by atoms with E-state index in [0.717, 1.165) is 5.56 Å². The Hall–Kier alpha value is -2.90. The summed E-state index contributed by atoms with van der Waals surface area (Å²) in [6.45, 7) is 0.0889. The summed E-state index contributed by atoms with van der Waals surface area (Å²) in [5, 5.41) is 5.58. The van der Waals surface area contributed by atoms with Crippen molar-refractivity contribution in [1.82, 2.24) is 10.7 Å². The van der Waals surface area contributed by atoms with Gasteiger partial charge in [0.15, 0.2) is 0 Å². The molecule has 4 N–H and O–H groups in total. The molecule has 0 aliphatic heterocycles. The molecule has 8 nitrogen and oxygen atoms in total. The van der Waals surface area contributed by atoms with E-state index in [-0.39, 0.29) is 25.4 Å². The molecule has 8 heteroatoms. The van der Waals surface area contributed by atoms with Gasteiger partial charge in [-0.2, -0.15) is 0 Å². The number of carbonyl (C=O) groups excluding carboxylic acids is 3. The molecule has 112 valence electrons. The molecular weight excluding hydrogens is 276 g/mol. The standard InChI is InChI=1S/C13H16N4O4/c14-12(17-16-11(19)7-4-8-18)15-13(20)21-9-10-5-2-1-3-6-10/h1-3,5-6,8H,4,7,9H2,(H,16,19)(H3,14,15,17,20). The first-order chi connectivity index (χ1) is 10.1. The summed E-state index contributed by atoms with van der Waals surface area (Å²) in [6.07, 6.45) is -0.0829. The number of nitrogens with one attached hydrogen (secondary N) is 2. The Balaban J connectivity index is 2.29. The van der Waals surface area contributed by atoms with Crippen LogP contribution in [0.5, 0.6) is 0 Å². The van der Waals surface area contributed by atoms with Crippen molar-refractivity contribution in [2.45, 2.75) is 19.4 Å². The number of nitrogens with two attached hydrogens (primary N) is 1. The number of hydrogen-bond acceptors (Lipinski definition) is 5. The van der Waals surface area contributed by atoms with Gasteiger partial charge in [0.05, 0.1) is 0 Å². The number of rotatable bonds is 6. The Labute approximate surface area is 121 Å². The summed E-state index contributed by atoms with van der Waals surface area (Å²) >= 11 is 0. The normalized spacial score (nSPS) is 10.6. The summed E-state index contributed by atoms with van der Waals surface area (Å²) in [4.78, 5) is 32.6. The Morgan fingerprint density at radius 3 is 2.67 bits per heavy atom. The van der Waals surface area contributed by atoms with Gasteiger partial charge in [-0.25, -0.2) is 10.2 Å². The van der Waals surface area contributed by atoms with Crippen LogP contribution in [0, 0.1) is 0 Å². The summed E-state index contributed by atoms with van der Waals surface area (Å²) < 4.78 is 4.90. The minimum absolute atomic E-state index is 0.00126. The predicted octanol–water partition coefficient (Wildman–Crippen LogP) is 0.238. The van der Waals surface area contributed by atoms with Gasteiger partial charge in [-0.3, -0.25) is 10.1 Å². The maximum Gasteiger partial charge on any atom is 0.414 e. The monoisotopic (exact) mass is 292 g/mol. The Morgan fingerprint density at radius 2 is 2.00 bits per heavy atom. The van der Waals surface area contributed by atoms with Crippen LogP contribution in [0.25, 0.3) is 0 Å². The number of guanidine groups is 1. The van der Waals surface area contributed by atoms with Crippen LogP contribution in [-0.2, 0) is 20.9 Å². The fourth-order valence-corrected chi connectivity index (χ4v) is 1.26. The van der Waals surface area contributed by atoms with Crippen LogP contribution in [-0.4, -0.2) is 24.2 Å². The van der Waals surface area contributed by atoms with Crippen LogP contribution in [0.1, 0.15) is 18.4 Å². The lowest BCUT2D eigenvalue weighted by Gasteiger charge is -2.06. The number of aldehydes is 1. The quantitative estimate of drug-likeness (QED) is 0.300. The molecule has 2 amide bonds. The van der Waals surface area contributed by atoms with Crippen LogP contribution >= 0.6 is 0 Å². The molecule has 0 aliphatic carbocycles. The summed E-state index contributed by atoms with van der Waals surface area (Å²) in [7, 11) is 0. The Bertz CT molecular complexity index is 516. The summed E-state index contributed by atoms with van der Waals surface area (Å²) in [5.74, 6) is -0.794. The van der Waals surface area contributed by atoms with Crippen molar-refractivity contribution in [2.24, 2.45) is 10.8 Å². The molecule has 1 aromatic rings. The highest BCUT2D eigenvalue weighted by Crippen LogP contribution is 2.00. The minimum atomic E-state index is -0.790. The Morgan fingerprint density at radius 1 is 1.29 bits per heavy atom. The second-order valence-electron chi connectivity index (χ2n) is 3.92. The third-order valence-corrected chi connectivity index (χ3v) is 2.23. The molecular formula is C13H16N4O4. The topological polar surface area (TPSA) is 123 Å². The third kappa shape index (κ3) is 7.31. The van der Waals surface area contributed by atoms with Crippen LogP contribution in [0.4, 0.5) is 4.79 Å². The van der Waals surface area contributed by atoms with Gasteiger partial charge in [0.2, 0.25) is 11.9 Å². The first-order valence-electron chi connectivity index (χ1n) is 6.15. The second-order valence-corrected chi connectivity index (χ2v) is 3.92. The van der Waals surface area contributed by atoms with E-state index < -0.39 is 12.0 Å². The van der Waals surface area contributed by atoms with E-state index in [4.69, 9.17) is 10.5 Å². The molecule has 0 aromatic heterocycles. The zero-order valence-corrected chi connectivity index (χ0v) is 11.2. The van der Waals surface area contributed by atoms with Gasteiger partial charge >= 0.3 is 6.09 Å². The predicted molar refractivity (Wildman–Crippen MR) is 74.8 cm³/mol. The average molecular weight is 292 g/mol. The lowest BCUT2D eigenvalue weighted by molar-refractivity contribution is -0.122. The summed E-state index contributed by atoms with van der Waals surface area (Å²) in [6, 6.07) is 9.10. The van der Waals surface area contributed by atoms with Gasteiger partial charge in [0.1, 0.15) is 12.9 Å². The van der Waals surface area contributed by atoms with Crippen molar-refractivity contribution in [3.63, 3.8) is 0 Å². The number of hydrazone groups is 1. The van der Waals surface area contributed by atoms with Crippen molar-refractivity contribution >= 4 is 24.2 Å². The van der Waals surface area contributed by atoms with Crippen LogP contribution in [0.2, 0.25) is 0 Å². The van der Waals surface area contributed by atoms with Crippen molar-refractivity contribution in [3.05, 3.63) is 35.9 Å². The largest absolute Gasteiger partial charge is 0.444 e. The molecule has 0 saturated carbocycles. The minimum Gasteiger partial charge on any atom is -0.444 e. The first kappa shape index (κ1) is 16.2. The zero-order valence-electron chi connectivity index (χ0n) is 11.2. The maximum atomic E-state index is 11.4. The molecule has 1 aromatic carbocycles. The average Bonchev–Trinajstić information content (AvgIpc) is 2.50. The van der Waals surface area contributed by atoms with Gasteiger partial charge in [-0.15, -0.1) is 5.10 Å². The first-order valence-corrected chi connectivity index (χ1v) is 6.15. The highest BCUT2D eigenvalue weighted by molar-refractivity contribution is 5.93. The molecule has 0 radical (unpaired) electrons. The van der Waals surface area contributed by atoms with Crippen LogP contribution in [0.3, 0.4) is 0 Å². The van der Waals surface area contributed by atoms with Gasteiger partial charge in [0.25, 0.3) is 0 Å². The van der Waals surface area contributed by atoms with Crippen molar-refractivity contribution in [3.8, 4) is 0 Å². The van der Waals surface area contributed by atoms with Gasteiger partial charge in [-0.05, 0) is 5.56 Å². The number of ether oxygens (including phenoxy) is 1. The lowest BCUT2D eigenvalue weighted by atomic mass is 10.2. The van der Waals surface area contributed by atoms with Crippen LogP contribution in [0.15, 0.2) is 35.4 Å². The van der Waals surface area contributed by atoms with E-state index in [1.54, 1.807) is 12.1 Å². The van der Waals surface area contributed by atoms with Crippen molar-refractivity contribution in [2.75, 3.05) is 0 Å². The zero-order chi connectivity index (χ0) is 15.5. The fourth-order valence-electron chi connectivity index (χ4n) is 1.26. The highest BCUT2D eigenvalue weighted by Gasteiger charge is 2.05. The molecule has 0 fully saturated rings. The van der Waals surface area contributed by atoms with E-state index in [2.05, 4.69) is 15.8 Å². The second kappa shape index (κ2) is 9.08. The van der Waals surface area contributed by atoms with E-state index in [1.807, 2.05) is 18.2 Å². The summed E-state index contributed by atoms with van der Waals surface area (Å²) in [5.41, 5.74) is 8.29. The van der Waals surface area contributed by atoms with E-state index >= 15 is 0 Å². The number of alkyl carbamates (subject to hydrolysis) is 1. The number of benzene rings is 1. The van der Waals surface area contributed by atoms with E-state index in [9.17, 15) is 14.4 Å². The van der Waals surface area contributed by atoms with Gasteiger partial charge < -0.3 is 15.3 Å². The molecule has 0 atom stereocenters. The number of carbonyl (C=O) groups is 3. The molecule has 0 heterocycles. The van der Waals surface area contributed by atoms with Gasteiger partial charge in [0, 0.05) is 12.8 Å². The van der Waals surface area contributed by atoms with Crippen molar-refractivity contribution < 1.29 is 19.1 Å². The molecule has 0 unspecified atom stereocenters. The number of amides is 2. The van der Waals surface area contributed by atoms with E-state index in [1.165, 1.54) is 0 Å². The molecule has 21 heavy (non-hydrogen) atoms. The molecule has 1 rings (SSSR count). The molecule has 0 bridgehead atoms. The fraction of sp³-hybridized carbons (Fsp3) is 0.231. The van der Waals surface area contributed by atoms with Gasteiger partial charge in [-0.1, -0.05) is 30.3 Å². The van der Waals surface area contributed by atoms with Crippen molar-refractivity contribution in [1.29, 1.82) is 0 Å². The highest BCUT2D eigenvalue weighted by atomic mass is 16.5. The smallest absolute Gasteiger partial charge is 0.414 e. The van der Waals surface area contributed by atoms with E-state index in [0.29, 0.717) is 6.29 Å². The molecule has 0 spiro atoms. The maximum absolute atomic E-state index is 11.4. The number of nitrogens with zero attached hydrogens (tertiary/aromatic N) is 1. The SMILES string of the molecule is N/C(=N\NC(=O)CCC=O)NC(=O)OCc1ccccc1. The Kier molecular flexibility index (Phi) is 6.98. The lowest BCUT2D eigenvalue weighted by Crippen LogP contribution is -2.39. The third-order valence-electron chi connectivity index (χ3n) is 2.23. The number of hydrogen-bond donors (Lipinski definition) is 3. The molecule has 0 aliphatic rings. The van der Waals surface area contributed by atoms with Crippen LogP contribution < -0.4 is 16.5 Å².